The molecule has 6 atom stereocenters. The van der Waals surface area contributed by atoms with Crippen LogP contribution >= 0.6 is 0 Å². The SMILES string of the molecule is CCC[CH2][Sn]1([CH2]CCC)[O][C@H]2[C@H]([O]1)[C@@H](OCc1ccccc1)[C@@H](O)[C@@H](O)[C@@H]2OCc1ccccc1. The minimum absolute atomic E-state index is 0.337. The van der Waals surface area contributed by atoms with Gasteiger partial charge in [-0.2, -0.15) is 0 Å². The molecule has 0 unspecified atom stereocenters. The van der Waals surface area contributed by atoms with Crippen LogP contribution in [0.2, 0.25) is 8.87 Å². The van der Waals surface area contributed by atoms with E-state index in [2.05, 4.69) is 13.8 Å². The zero-order valence-corrected chi connectivity index (χ0v) is 23.8. The topological polar surface area (TPSA) is 77.4 Å². The fourth-order valence-electron chi connectivity index (χ4n) is 5.12. The molecular weight excluding hydrogens is 551 g/mol. The molecule has 1 saturated carbocycles. The van der Waals surface area contributed by atoms with Gasteiger partial charge in [-0.15, -0.1) is 0 Å². The molecule has 2 aliphatic rings. The Kier molecular flexibility index (Phi) is 10.0. The first kappa shape index (κ1) is 27.0. The van der Waals surface area contributed by atoms with Crippen LogP contribution in [0.25, 0.3) is 0 Å². The van der Waals surface area contributed by atoms with E-state index in [9.17, 15) is 10.2 Å². The molecular formula is C28H40O6Sn. The van der Waals surface area contributed by atoms with Gasteiger partial charge in [0.05, 0.1) is 0 Å². The average molecular weight is 591 g/mol. The summed E-state index contributed by atoms with van der Waals surface area (Å²) < 4.78 is 28.2. The summed E-state index contributed by atoms with van der Waals surface area (Å²) >= 11 is -3.46. The summed E-state index contributed by atoms with van der Waals surface area (Å²) in [6.45, 7) is 5.05. The summed E-state index contributed by atoms with van der Waals surface area (Å²) in [7, 11) is 0. The second-order valence-corrected chi connectivity index (χ2v) is 19.2. The van der Waals surface area contributed by atoms with Gasteiger partial charge in [0.15, 0.2) is 0 Å². The first-order chi connectivity index (χ1) is 17.1. The number of aliphatic hydroxyl groups excluding tert-OH is 2. The number of aliphatic hydroxyl groups is 2. The Balaban J connectivity index is 1.57. The molecule has 1 heterocycles. The van der Waals surface area contributed by atoms with E-state index in [1.54, 1.807) is 0 Å². The summed E-state index contributed by atoms with van der Waals surface area (Å²) in [5, 5.41) is 22.4. The number of hydrogen-bond donors (Lipinski definition) is 2. The van der Waals surface area contributed by atoms with Crippen molar-refractivity contribution in [1.82, 2.24) is 0 Å². The predicted octanol–water partition coefficient (Wildman–Crippen LogP) is 4.72. The molecule has 1 saturated heterocycles. The van der Waals surface area contributed by atoms with E-state index in [1.807, 2.05) is 60.7 Å². The molecule has 2 fully saturated rings. The average Bonchev–Trinajstić information content (AvgIpc) is 3.27. The van der Waals surface area contributed by atoms with E-state index in [1.165, 1.54) is 0 Å². The Morgan fingerprint density at radius 1 is 0.686 bits per heavy atom. The van der Waals surface area contributed by atoms with Gasteiger partial charge in [0, 0.05) is 0 Å². The van der Waals surface area contributed by atoms with Gasteiger partial charge in [-0.05, 0) is 0 Å². The Morgan fingerprint density at radius 3 is 1.46 bits per heavy atom. The molecule has 1 aliphatic carbocycles. The predicted molar refractivity (Wildman–Crippen MR) is 137 cm³/mol. The van der Waals surface area contributed by atoms with Gasteiger partial charge in [0.2, 0.25) is 0 Å². The summed E-state index contributed by atoms with van der Waals surface area (Å²) in [5.41, 5.74) is 2.03. The molecule has 192 valence electrons. The van der Waals surface area contributed by atoms with Crippen LogP contribution < -0.4 is 0 Å². The molecule has 6 nitrogen and oxygen atoms in total. The van der Waals surface area contributed by atoms with Crippen LogP contribution in [0.3, 0.4) is 0 Å². The molecule has 4 rings (SSSR count). The standard InChI is InChI=1S/C20H22O6.2C4H9.Sn/c21-15-17(23)20(26-12-14-9-5-2-6-10-14)18(24)16(22)19(15)25-11-13-7-3-1-4-8-13;2*1-3-4-2;/h1-10,15-21,23H,11-12H2;2*1,3-4H2,2H3;/q-2;;;+2/t15-,16-,17+,18-,19-,20-;;;/m0.../s1. The fourth-order valence-corrected chi connectivity index (χ4v) is 16.8. The molecule has 2 N–H and O–H groups in total. The molecule has 0 radical (unpaired) electrons. The maximum atomic E-state index is 11.2. The molecule has 0 amide bonds. The Morgan fingerprint density at radius 2 is 1.09 bits per heavy atom. The zero-order valence-electron chi connectivity index (χ0n) is 20.9. The van der Waals surface area contributed by atoms with E-state index < -0.39 is 55.8 Å². The maximum absolute atomic E-state index is 11.2. The van der Waals surface area contributed by atoms with Crippen molar-refractivity contribution in [3.05, 3.63) is 71.8 Å². The van der Waals surface area contributed by atoms with Gasteiger partial charge in [-0.25, -0.2) is 0 Å². The van der Waals surface area contributed by atoms with Crippen LogP contribution in [-0.4, -0.2) is 66.0 Å². The first-order valence-corrected chi connectivity index (χ1v) is 19.5. The van der Waals surface area contributed by atoms with Crippen molar-refractivity contribution in [2.24, 2.45) is 0 Å². The van der Waals surface area contributed by atoms with Crippen molar-refractivity contribution < 1.29 is 25.8 Å². The van der Waals surface area contributed by atoms with E-state index in [-0.39, 0.29) is 0 Å². The molecule has 0 bridgehead atoms. The van der Waals surface area contributed by atoms with Crippen LogP contribution in [0.15, 0.2) is 60.7 Å². The number of unbranched alkanes of at least 4 members (excludes halogenated alkanes) is 2. The summed E-state index contributed by atoms with van der Waals surface area (Å²) in [5.74, 6) is 0. The monoisotopic (exact) mass is 592 g/mol. The quantitative estimate of drug-likeness (QED) is 0.348. The van der Waals surface area contributed by atoms with E-state index >= 15 is 0 Å². The number of hydrogen-bond acceptors (Lipinski definition) is 6. The molecule has 0 aromatic heterocycles. The molecule has 2 aromatic carbocycles. The summed E-state index contributed by atoms with van der Waals surface area (Å²) in [4.78, 5) is 0. The van der Waals surface area contributed by atoms with Crippen LogP contribution in [-0.2, 0) is 28.8 Å². The second-order valence-electron chi connectivity index (χ2n) is 9.79. The Bertz CT molecular complexity index is 808. The van der Waals surface area contributed by atoms with E-state index in [0.29, 0.717) is 13.2 Å². The molecule has 7 heteroatoms. The normalized spacial score (nSPS) is 29.7. The third kappa shape index (κ3) is 6.66. The zero-order chi connectivity index (χ0) is 24.7. The summed E-state index contributed by atoms with van der Waals surface area (Å²) in [6, 6.07) is 19.8. The van der Waals surface area contributed by atoms with Crippen molar-refractivity contribution in [3.8, 4) is 0 Å². The third-order valence-electron chi connectivity index (χ3n) is 7.09. The van der Waals surface area contributed by atoms with E-state index in [4.69, 9.17) is 15.6 Å². The Hall–Kier alpha value is -1.00. The molecule has 0 spiro atoms. The van der Waals surface area contributed by atoms with Crippen molar-refractivity contribution in [2.45, 2.75) is 98.2 Å². The van der Waals surface area contributed by atoms with Crippen LogP contribution in [0.4, 0.5) is 0 Å². The van der Waals surface area contributed by atoms with Crippen molar-refractivity contribution in [1.29, 1.82) is 0 Å². The molecule has 2 aromatic rings. The number of fused-ring (bicyclic) bond motifs is 1. The third-order valence-corrected chi connectivity index (χ3v) is 17.5. The number of ether oxygens (including phenoxy) is 2. The van der Waals surface area contributed by atoms with Gasteiger partial charge >= 0.3 is 215 Å². The van der Waals surface area contributed by atoms with Crippen LogP contribution in [0, 0.1) is 0 Å². The van der Waals surface area contributed by atoms with Crippen molar-refractivity contribution in [3.63, 3.8) is 0 Å². The van der Waals surface area contributed by atoms with Crippen molar-refractivity contribution >= 4 is 19.2 Å². The Labute approximate surface area is 214 Å². The van der Waals surface area contributed by atoms with Gasteiger partial charge in [0.25, 0.3) is 0 Å². The van der Waals surface area contributed by atoms with E-state index in [0.717, 1.165) is 45.7 Å². The first-order valence-electron chi connectivity index (χ1n) is 13.1. The number of rotatable bonds is 12. The fraction of sp³-hybridized carbons (Fsp3) is 0.571. The molecule has 1 aliphatic heterocycles. The van der Waals surface area contributed by atoms with Gasteiger partial charge in [-0.1, -0.05) is 0 Å². The van der Waals surface area contributed by atoms with Gasteiger partial charge in [0.1, 0.15) is 0 Å². The summed E-state index contributed by atoms with van der Waals surface area (Å²) in [6.07, 6.45) is -0.176. The number of benzene rings is 2. The van der Waals surface area contributed by atoms with Crippen LogP contribution in [0.5, 0.6) is 0 Å². The van der Waals surface area contributed by atoms with Gasteiger partial charge < -0.3 is 0 Å². The van der Waals surface area contributed by atoms with Gasteiger partial charge in [-0.3, -0.25) is 0 Å². The second kappa shape index (κ2) is 13.0. The molecule has 35 heavy (non-hydrogen) atoms. The van der Waals surface area contributed by atoms with Crippen molar-refractivity contribution in [2.75, 3.05) is 0 Å². The minimum atomic E-state index is -3.46. The van der Waals surface area contributed by atoms with Crippen LogP contribution in [0.1, 0.15) is 50.7 Å².